The quantitative estimate of drug-likeness (QED) is 0.453. The number of fused-ring (bicyclic) bond motifs is 1. The average molecular weight is 390 g/mol. The van der Waals surface area contributed by atoms with E-state index in [4.69, 9.17) is 16.3 Å². The van der Waals surface area contributed by atoms with E-state index >= 15 is 0 Å². The molecule has 138 valence electrons. The van der Waals surface area contributed by atoms with Gasteiger partial charge in [-0.25, -0.2) is 0 Å². The van der Waals surface area contributed by atoms with Crippen LogP contribution in [0.25, 0.3) is 5.70 Å². The Hall–Kier alpha value is -3.37. The maximum atomic E-state index is 13.0. The fraction of sp³-hybridized carbons (Fsp3) is 0.0435. The highest BCUT2D eigenvalue weighted by Gasteiger charge is 2.33. The summed E-state index contributed by atoms with van der Waals surface area (Å²) >= 11 is 6.12. The van der Waals surface area contributed by atoms with Gasteiger partial charge in [-0.15, -0.1) is 0 Å². The highest BCUT2D eigenvalue weighted by molar-refractivity contribution is 6.31. The van der Waals surface area contributed by atoms with Crippen LogP contribution >= 0.6 is 11.6 Å². The molecule has 0 spiro atoms. The number of anilines is 1. The van der Waals surface area contributed by atoms with E-state index in [0.29, 0.717) is 38.8 Å². The van der Waals surface area contributed by atoms with Crippen molar-refractivity contribution in [3.05, 3.63) is 101 Å². The lowest BCUT2D eigenvalue weighted by molar-refractivity contribution is 0.101. The van der Waals surface area contributed by atoms with Gasteiger partial charge in [0.1, 0.15) is 5.75 Å². The van der Waals surface area contributed by atoms with Gasteiger partial charge in [0.25, 0.3) is 5.91 Å². The average Bonchev–Trinajstić information content (AvgIpc) is 3.00. The predicted octanol–water partition coefficient (Wildman–Crippen LogP) is 5.23. The van der Waals surface area contributed by atoms with Gasteiger partial charge in [0.2, 0.25) is 0 Å². The first-order valence-electron chi connectivity index (χ1n) is 8.68. The van der Waals surface area contributed by atoms with Gasteiger partial charge in [0.15, 0.2) is 5.78 Å². The summed E-state index contributed by atoms with van der Waals surface area (Å²) in [6, 6.07) is 21.1. The zero-order valence-corrected chi connectivity index (χ0v) is 15.8. The van der Waals surface area contributed by atoms with Crippen molar-refractivity contribution >= 4 is 34.7 Å². The van der Waals surface area contributed by atoms with Crippen molar-refractivity contribution in [1.29, 1.82) is 0 Å². The smallest absolute Gasteiger partial charge is 0.263 e. The zero-order chi connectivity index (χ0) is 19.7. The van der Waals surface area contributed by atoms with Crippen LogP contribution in [0.3, 0.4) is 0 Å². The van der Waals surface area contributed by atoms with E-state index in [1.807, 2.05) is 12.1 Å². The lowest BCUT2D eigenvalue weighted by Crippen LogP contribution is -2.22. The fourth-order valence-corrected chi connectivity index (χ4v) is 3.40. The summed E-state index contributed by atoms with van der Waals surface area (Å²) in [5.74, 6) is 0.284. The van der Waals surface area contributed by atoms with Crippen LogP contribution < -0.4 is 9.64 Å². The van der Waals surface area contributed by atoms with Crippen molar-refractivity contribution in [1.82, 2.24) is 0 Å². The van der Waals surface area contributed by atoms with E-state index in [-0.39, 0.29) is 11.7 Å². The number of nitrogens with zero attached hydrogens (tertiary/aromatic N) is 1. The number of ether oxygens (including phenoxy) is 1. The second kappa shape index (κ2) is 7.33. The Kier molecular flexibility index (Phi) is 4.72. The van der Waals surface area contributed by atoms with Crippen LogP contribution in [-0.2, 0) is 0 Å². The topological polar surface area (TPSA) is 46.6 Å². The van der Waals surface area contributed by atoms with Crippen molar-refractivity contribution < 1.29 is 14.3 Å². The number of benzene rings is 3. The van der Waals surface area contributed by atoms with Crippen LogP contribution in [-0.4, -0.2) is 18.8 Å². The number of rotatable bonds is 4. The van der Waals surface area contributed by atoms with Crippen LogP contribution in [0, 0.1) is 0 Å². The molecule has 3 aromatic carbocycles. The van der Waals surface area contributed by atoms with Crippen LogP contribution in [0.1, 0.15) is 26.3 Å². The van der Waals surface area contributed by atoms with Gasteiger partial charge in [-0.05, 0) is 48.5 Å². The molecule has 0 aliphatic carbocycles. The fourth-order valence-electron chi connectivity index (χ4n) is 3.22. The number of amides is 1. The number of hydrogen-bond acceptors (Lipinski definition) is 3. The normalized spacial score (nSPS) is 14.3. The van der Waals surface area contributed by atoms with E-state index in [0.717, 1.165) is 0 Å². The Morgan fingerprint density at radius 3 is 2.36 bits per heavy atom. The molecule has 0 atom stereocenters. The second-order valence-electron chi connectivity index (χ2n) is 6.29. The molecule has 0 fully saturated rings. The largest absolute Gasteiger partial charge is 0.497 e. The highest BCUT2D eigenvalue weighted by atomic mass is 35.5. The van der Waals surface area contributed by atoms with E-state index in [1.54, 1.807) is 67.8 Å². The minimum atomic E-state index is -0.200. The van der Waals surface area contributed by atoms with Crippen LogP contribution in [0.2, 0.25) is 5.02 Å². The summed E-state index contributed by atoms with van der Waals surface area (Å²) in [6.07, 6.45) is 1.49. The Morgan fingerprint density at radius 2 is 1.68 bits per heavy atom. The first kappa shape index (κ1) is 18.0. The van der Waals surface area contributed by atoms with Crippen LogP contribution in [0.4, 0.5) is 5.69 Å². The van der Waals surface area contributed by atoms with Gasteiger partial charge in [-0.2, -0.15) is 0 Å². The van der Waals surface area contributed by atoms with Crippen molar-refractivity contribution in [3.63, 3.8) is 0 Å². The van der Waals surface area contributed by atoms with E-state index in [9.17, 15) is 9.59 Å². The van der Waals surface area contributed by atoms with Crippen molar-refractivity contribution in [2.24, 2.45) is 0 Å². The molecule has 1 aliphatic rings. The third-order valence-corrected chi connectivity index (χ3v) is 4.82. The van der Waals surface area contributed by atoms with Crippen LogP contribution in [0.15, 0.2) is 78.9 Å². The van der Waals surface area contributed by atoms with E-state index in [2.05, 4.69) is 0 Å². The SMILES string of the molecule is COc1ccc(C(=O)/C=C2\c3ccccc3C(=O)N2c2cccc(Cl)c2)cc1. The summed E-state index contributed by atoms with van der Waals surface area (Å²) < 4.78 is 5.14. The summed E-state index contributed by atoms with van der Waals surface area (Å²) in [5, 5.41) is 0.516. The molecule has 0 N–H and O–H groups in total. The Balaban J connectivity index is 1.81. The highest BCUT2D eigenvalue weighted by Crippen LogP contribution is 2.37. The molecule has 1 amide bonds. The molecule has 0 unspecified atom stereocenters. The van der Waals surface area contributed by atoms with E-state index < -0.39 is 0 Å². The Morgan fingerprint density at radius 1 is 0.964 bits per heavy atom. The molecule has 4 nitrogen and oxygen atoms in total. The van der Waals surface area contributed by atoms with Crippen molar-refractivity contribution in [3.8, 4) is 5.75 Å². The molecule has 3 aromatic rings. The molecular weight excluding hydrogens is 374 g/mol. The lowest BCUT2D eigenvalue weighted by atomic mass is 10.0. The standard InChI is InChI=1S/C23H16ClNO3/c1-28-18-11-9-15(10-12-18)22(26)14-21-19-7-2-3-8-20(19)23(27)25(21)17-6-4-5-16(24)13-17/h2-14H,1H3/b21-14+. The zero-order valence-electron chi connectivity index (χ0n) is 15.1. The maximum absolute atomic E-state index is 13.0. The van der Waals surface area contributed by atoms with E-state index in [1.165, 1.54) is 11.0 Å². The molecule has 0 aromatic heterocycles. The monoisotopic (exact) mass is 389 g/mol. The molecule has 28 heavy (non-hydrogen) atoms. The number of halogens is 1. The number of allylic oxidation sites excluding steroid dienone is 1. The molecular formula is C23H16ClNO3. The van der Waals surface area contributed by atoms with Gasteiger partial charge in [0, 0.05) is 27.8 Å². The van der Waals surface area contributed by atoms with Gasteiger partial charge in [-0.3, -0.25) is 14.5 Å². The maximum Gasteiger partial charge on any atom is 0.263 e. The summed E-state index contributed by atoms with van der Waals surface area (Å²) in [5.41, 5.74) is 2.92. The molecule has 0 radical (unpaired) electrons. The van der Waals surface area contributed by atoms with Crippen molar-refractivity contribution in [2.75, 3.05) is 12.0 Å². The Bertz CT molecular complexity index is 1100. The number of hydrogen-bond donors (Lipinski definition) is 0. The molecule has 4 rings (SSSR count). The molecule has 0 bridgehead atoms. The van der Waals surface area contributed by atoms with Gasteiger partial charge in [0.05, 0.1) is 18.5 Å². The molecule has 0 saturated carbocycles. The third-order valence-electron chi connectivity index (χ3n) is 4.59. The predicted molar refractivity (Wildman–Crippen MR) is 110 cm³/mol. The number of carbonyl (C=O) groups is 2. The minimum Gasteiger partial charge on any atom is -0.497 e. The van der Waals surface area contributed by atoms with Gasteiger partial charge in [-0.1, -0.05) is 35.9 Å². The molecule has 5 heteroatoms. The molecule has 1 heterocycles. The first-order chi connectivity index (χ1) is 13.6. The summed E-state index contributed by atoms with van der Waals surface area (Å²) in [4.78, 5) is 27.4. The first-order valence-corrected chi connectivity index (χ1v) is 9.06. The van der Waals surface area contributed by atoms with Crippen molar-refractivity contribution in [2.45, 2.75) is 0 Å². The van der Waals surface area contributed by atoms with Gasteiger partial charge >= 0.3 is 0 Å². The summed E-state index contributed by atoms with van der Waals surface area (Å²) in [7, 11) is 1.57. The third kappa shape index (κ3) is 3.19. The number of methoxy groups -OCH3 is 1. The van der Waals surface area contributed by atoms with Crippen LogP contribution in [0.5, 0.6) is 5.75 Å². The Labute approximate surface area is 167 Å². The molecule has 0 saturated heterocycles. The number of ketones is 1. The lowest BCUT2D eigenvalue weighted by Gasteiger charge is -2.18. The second-order valence-corrected chi connectivity index (χ2v) is 6.72. The minimum absolute atomic E-state index is 0.188. The van der Waals surface area contributed by atoms with Gasteiger partial charge < -0.3 is 4.74 Å². The molecule has 1 aliphatic heterocycles. The number of carbonyl (C=O) groups excluding carboxylic acids is 2. The summed E-state index contributed by atoms with van der Waals surface area (Å²) in [6.45, 7) is 0.